The van der Waals surface area contributed by atoms with Crippen LogP contribution in [-0.4, -0.2) is 34.3 Å². The van der Waals surface area contributed by atoms with Crippen molar-refractivity contribution >= 4 is 18.0 Å². The third kappa shape index (κ3) is 2.81. The molecule has 1 amide bonds. The van der Waals surface area contributed by atoms with E-state index in [1.165, 1.54) is 0 Å². The summed E-state index contributed by atoms with van der Waals surface area (Å²) >= 11 is 0. The Hall–Kier alpha value is -2.57. The Balaban J connectivity index is 1.91. The summed E-state index contributed by atoms with van der Waals surface area (Å²) in [5.74, 6) is -2.90. The minimum absolute atomic E-state index is 0.0126. The molecule has 7 nitrogen and oxygen atoms in total. The van der Waals surface area contributed by atoms with E-state index in [9.17, 15) is 14.4 Å². The number of nitrogens with one attached hydrogen (secondary N) is 1. The number of alkyl carbamates (subject to hydrolysis) is 1. The van der Waals surface area contributed by atoms with Gasteiger partial charge < -0.3 is 20.3 Å². The van der Waals surface area contributed by atoms with Crippen LogP contribution in [0.5, 0.6) is 0 Å². The highest BCUT2D eigenvalue weighted by Gasteiger charge is 2.60. The molecule has 7 heteroatoms. The summed E-state index contributed by atoms with van der Waals surface area (Å²) in [6, 6.07) is 8.00. The molecule has 0 saturated heterocycles. The van der Waals surface area contributed by atoms with E-state index in [0.717, 1.165) is 5.56 Å². The molecule has 1 aliphatic carbocycles. The van der Waals surface area contributed by atoms with Crippen LogP contribution < -0.4 is 5.32 Å². The maximum atomic E-state index is 11.6. The highest BCUT2D eigenvalue weighted by atomic mass is 16.5. The standard InChI is InChI=1S/C14H15NO6/c16-11(17)14(12(18)19)7-6-10(14)15-13(20)21-8-9-4-2-1-3-5-9/h1-5,10H,6-8H2,(H,15,20)(H,16,17)(H,18,19). The molecular formula is C14H15NO6. The third-order valence-corrected chi connectivity index (χ3v) is 3.69. The van der Waals surface area contributed by atoms with Crippen LogP contribution >= 0.6 is 0 Å². The molecule has 1 fully saturated rings. The minimum atomic E-state index is -1.95. The molecule has 1 aromatic rings. The number of carboxylic acids is 2. The molecule has 112 valence electrons. The average Bonchev–Trinajstić information content (AvgIpc) is 2.42. The van der Waals surface area contributed by atoms with Crippen molar-refractivity contribution < 1.29 is 29.3 Å². The second-order valence-electron chi connectivity index (χ2n) is 4.88. The number of benzene rings is 1. The van der Waals surface area contributed by atoms with Crippen molar-refractivity contribution in [1.82, 2.24) is 5.32 Å². The Kier molecular flexibility index (Phi) is 4.11. The topological polar surface area (TPSA) is 113 Å². The van der Waals surface area contributed by atoms with Gasteiger partial charge in [0.1, 0.15) is 6.61 Å². The highest BCUT2D eigenvalue weighted by molar-refractivity contribution is 6.00. The summed E-state index contributed by atoms with van der Waals surface area (Å²) in [6.07, 6.45) is -0.546. The highest BCUT2D eigenvalue weighted by Crippen LogP contribution is 2.41. The first-order valence-corrected chi connectivity index (χ1v) is 6.41. The monoisotopic (exact) mass is 293 g/mol. The Morgan fingerprint density at radius 1 is 1.19 bits per heavy atom. The number of carbonyl (C=O) groups excluding carboxylic acids is 1. The predicted octanol–water partition coefficient (Wildman–Crippen LogP) is 1.23. The maximum Gasteiger partial charge on any atom is 0.407 e. The first kappa shape index (κ1) is 14.8. The fourth-order valence-corrected chi connectivity index (χ4v) is 2.28. The summed E-state index contributed by atoms with van der Waals surface area (Å²) in [4.78, 5) is 33.9. The van der Waals surface area contributed by atoms with Gasteiger partial charge in [-0.25, -0.2) is 4.79 Å². The lowest BCUT2D eigenvalue weighted by Gasteiger charge is -2.42. The van der Waals surface area contributed by atoms with Gasteiger partial charge in [0.25, 0.3) is 0 Å². The van der Waals surface area contributed by atoms with Gasteiger partial charge in [-0.15, -0.1) is 0 Å². The fourth-order valence-electron chi connectivity index (χ4n) is 2.28. The molecule has 0 heterocycles. The van der Waals surface area contributed by atoms with E-state index in [2.05, 4.69) is 5.32 Å². The van der Waals surface area contributed by atoms with Gasteiger partial charge in [0.05, 0.1) is 6.04 Å². The van der Waals surface area contributed by atoms with E-state index in [0.29, 0.717) is 6.42 Å². The Labute approximate surface area is 120 Å². The van der Waals surface area contributed by atoms with E-state index in [-0.39, 0.29) is 13.0 Å². The van der Waals surface area contributed by atoms with Crippen molar-refractivity contribution in [2.24, 2.45) is 5.41 Å². The van der Waals surface area contributed by atoms with E-state index >= 15 is 0 Å². The molecule has 1 aromatic carbocycles. The number of carbonyl (C=O) groups is 3. The molecule has 0 spiro atoms. The Morgan fingerprint density at radius 2 is 1.81 bits per heavy atom. The van der Waals surface area contributed by atoms with Crippen LogP contribution in [-0.2, 0) is 20.9 Å². The van der Waals surface area contributed by atoms with E-state index in [4.69, 9.17) is 14.9 Å². The normalized spacial score (nSPS) is 19.1. The van der Waals surface area contributed by atoms with Gasteiger partial charge in [-0.1, -0.05) is 30.3 Å². The van der Waals surface area contributed by atoms with E-state index < -0.39 is 29.5 Å². The van der Waals surface area contributed by atoms with Crippen LogP contribution in [0.15, 0.2) is 30.3 Å². The van der Waals surface area contributed by atoms with Gasteiger partial charge in [-0.05, 0) is 18.4 Å². The zero-order chi connectivity index (χ0) is 15.5. The van der Waals surface area contributed by atoms with Crippen molar-refractivity contribution in [2.45, 2.75) is 25.5 Å². The maximum absolute atomic E-state index is 11.6. The second-order valence-corrected chi connectivity index (χ2v) is 4.88. The summed E-state index contributed by atoms with van der Waals surface area (Å²) < 4.78 is 4.95. The van der Waals surface area contributed by atoms with Crippen LogP contribution in [0.25, 0.3) is 0 Å². The number of hydrogen-bond donors (Lipinski definition) is 3. The molecule has 0 radical (unpaired) electrons. The van der Waals surface area contributed by atoms with Gasteiger partial charge in [0.15, 0.2) is 5.41 Å². The number of rotatable bonds is 5. The smallest absolute Gasteiger partial charge is 0.407 e. The van der Waals surface area contributed by atoms with Gasteiger partial charge >= 0.3 is 18.0 Å². The lowest BCUT2D eigenvalue weighted by atomic mass is 9.64. The SMILES string of the molecule is O=C(NC1CCC1(C(=O)O)C(=O)O)OCc1ccccc1. The first-order chi connectivity index (χ1) is 9.96. The molecule has 0 bridgehead atoms. The third-order valence-electron chi connectivity index (χ3n) is 3.69. The first-order valence-electron chi connectivity index (χ1n) is 6.41. The molecular weight excluding hydrogens is 278 g/mol. The number of carboxylic acid groups (broad SMARTS) is 2. The molecule has 0 aliphatic heterocycles. The fraction of sp³-hybridized carbons (Fsp3) is 0.357. The van der Waals surface area contributed by atoms with E-state index in [1.54, 1.807) is 24.3 Å². The molecule has 1 atom stereocenters. The quantitative estimate of drug-likeness (QED) is 0.704. The number of ether oxygens (including phenoxy) is 1. The molecule has 1 saturated carbocycles. The van der Waals surface area contributed by atoms with Crippen molar-refractivity contribution in [3.8, 4) is 0 Å². The van der Waals surface area contributed by atoms with Crippen molar-refractivity contribution in [3.63, 3.8) is 0 Å². The molecule has 2 rings (SSSR count). The van der Waals surface area contributed by atoms with Gasteiger partial charge in [0, 0.05) is 0 Å². The van der Waals surface area contributed by atoms with Gasteiger partial charge in [-0.3, -0.25) is 9.59 Å². The Bertz CT molecular complexity index is 542. The van der Waals surface area contributed by atoms with Gasteiger partial charge in [-0.2, -0.15) is 0 Å². The van der Waals surface area contributed by atoms with Crippen LogP contribution in [0.2, 0.25) is 0 Å². The van der Waals surface area contributed by atoms with Crippen LogP contribution in [0.1, 0.15) is 18.4 Å². The molecule has 1 unspecified atom stereocenters. The van der Waals surface area contributed by atoms with Crippen molar-refractivity contribution in [3.05, 3.63) is 35.9 Å². The van der Waals surface area contributed by atoms with Crippen molar-refractivity contribution in [1.29, 1.82) is 0 Å². The summed E-state index contributed by atoms with van der Waals surface area (Å²) in [5.41, 5.74) is -1.17. The average molecular weight is 293 g/mol. The van der Waals surface area contributed by atoms with Crippen LogP contribution in [0.4, 0.5) is 4.79 Å². The van der Waals surface area contributed by atoms with Crippen molar-refractivity contribution in [2.75, 3.05) is 0 Å². The Morgan fingerprint density at radius 3 is 2.29 bits per heavy atom. The van der Waals surface area contributed by atoms with Crippen LogP contribution in [0.3, 0.4) is 0 Å². The number of hydrogen-bond acceptors (Lipinski definition) is 4. The lowest BCUT2D eigenvalue weighted by molar-refractivity contribution is -0.174. The predicted molar refractivity (Wildman–Crippen MR) is 70.5 cm³/mol. The molecule has 3 N–H and O–H groups in total. The lowest BCUT2D eigenvalue weighted by Crippen LogP contribution is -2.63. The molecule has 21 heavy (non-hydrogen) atoms. The van der Waals surface area contributed by atoms with Crippen LogP contribution in [0, 0.1) is 5.41 Å². The number of amides is 1. The largest absolute Gasteiger partial charge is 0.480 e. The summed E-state index contributed by atoms with van der Waals surface area (Å²) in [7, 11) is 0. The minimum Gasteiger partial charge on any atom is -0.480 e. The summed E-state index contributed by atoms with van der Waals surface area (Å²) in [5, 5.41) is 20.5. The molecule has 0 aromatic heterocycles. The van der Waals surface area contributed by atoms with Gasteiger partial charge in [0.2, 0.25) is 0 Å². The number of aliphatic carboxylic acids is 2. The zero-order valence-corrected chi connectivity index (χ0v) is 11.1. The second kappa shape index (κ2) is 5.82. The zero-order valence-electron chi connectivity index (χ0n) is 11.1. The summed E-state index contributed by atoms with van der Waals surface area (Å²) in [6.45, 7) is 0.0343. The molecule has 1 aliphatic rings. The van der Waals surface area contributed by atoms with E-state index in [1.807, 2.05) is 6.07 Å².